The summed E-state index contributed by atoms with van der Waals surface area (Å²) in [4.78, 5) is 23.3. The van der Waals surface area contributed by atoms with E-state index in [1.807, 2.05) is 25.1 Å². The minimum absolute atomic E-state index is 0.357. The predicted octanol–water partition coefficient (Wildman–Crippen LogP) is 3.06. The molecule has 0 saturated carbocycles. The average molecular weight is 320 g/mol. The Hall–Kier alpha value is -3.39. The van der Waals surface area contributed by atoms with Crippen molar-refractivity contribution in [2.75, 3.05) is 11.9 Å². The molecular formula is C19H16N2O3. The summed E-state index contributed by atoms with van der Waals surface area (Å²) >= 11 is 0. The van der Waals surface area contributed by atoms with Gasteiger partial charge in [-0.3, -0.25) is 4.79 Å². The topological polar surface area (TPSA) is 79.2 Å². The average Bonchev–Trinajstić information content (AvgIpc) is 2.60. The Kier molecular flexibility index (Phi) is 5.87. The second-order valence-corrected chi connectivity index (χ2v) is 5.09. The molecular weight excluding hydrogens is 304 g/mol. The van der Waals surface area contributed by atoms with Gasteiger partial charge in [0.2, 0.25) is 0 Å². The molecule has 24 heavy (non-hydrogen) atoms. The fraction of sp³-hybridized carbons (Fsp3) is 0.105. The summed E-state index contributed by atoms with van der Waals surface area (Å²) < 4.78 is 4.88. The number of carbonyl (C=O) groups is 2. The van der Waals surface area contributed by atoms with Crippen molar-refractivity contribution in [2.24, 2.45) is 0 Å². The standard InChI is InChI=1S/C19H16N2O3/c1-14-2-9-17(10-3-14)21-18(22)13-24-19(23)11-8-15-4-6-16(12-20)7-5-15/h2-11H,13H2,1H3,(H,21,22)/b11-8+. The van der Waals surface area contributed by atoms with Crippen molar-refractivity contribution in [3.63, 3.8) is 0 Å². The van der Waals surface area contributed by atoms with Crippen LogP contribution in [0.15, 0.2) is 54.6 Å². The second-order valence-electron chi connectivity index (χ2n) is 5.09. The molecule has 0 radical (unpaired) electrons. The van der Waals surface area contributed by atoms with Crippen molar-refractivity contribution >= 4 is 23.6 Å². The molecule has 120 valence electrons. The van der Waals surface area contributed by atoms with E-state index >= 15 is 0 Å². The number of carbonyl (C=O) groups excluding carboxylic acids is 2. The molecule has 0 aliphatic rings. The summed E-state index contributed by atoms with van der Waals surface area (Å²) in [6.07, 6.45) is 2.79. The number of aryl methyl sites for hydroxylation is 1. The van der Waals surface area contributed by atoms with Gasteiger partial charge in [-0.25, -0.2) is 4.79 Å². The highest BCUT2D eigenvalue weighted by atomic mass is 16.5. The van der Waals surface area contributed by atoms with Crippen LogP contribution in [0.25, 0.3) is 6.08 Å². The van der Waals surface area contributed by atoms with Crippen molar-refractivity contribution in [3.05, 3.63) is 71.3 Å². The Morgan fingerprint density at radius 1 is 1.12 bits per heavy atom. The zero-order chi connectivity index (χ0) is 17.4. The smallest absolute Gasteiger partial charge is 0.331 e. The number of rotatable bonds is 5. The molecule has 5 heteroatoms. The van der Waals surface area contributed by atoms with Crippen LogP contribution < -0.4 is 5.32 Å². The first-order valence-corrected chi connectivity index (χ1v) is 7.28. The Balaban J connectivity index is 1.79. The van der Waals surface area contributed by atoms with Crippen LogP contribution >= 0.6 is 0 Å². The Labute approximate surface area is 140 Å². The zero-order valence-corrected chi connectivity index (χ0v) is 13.2. The summed E-state index contributed by atoms with van der Waals surface area (Å²) in [6, 6.07) is 16.1. The number of amides is 1. The lowest BCUT2D eigenvalue weighted by Crippen LogP contribution is -2.20. The first-order chi connectivity index (χ1) is 11.6. The molecule has 0 aromatic heterocycles. The third kappa shape index (κ3) is 5.43. The number of ether oxygens (including phenoxy) is 1. The number of anilines is 1. The molecule has 0 fully saturated rings. The van der Waals surface area contributed by atoms with E-state index in [4.69, 9.17) is 10.00 Å². The number of nitriles is 1. The normalized spacial score (nSPS) is 10.2. The van der Waals surface area contributed by atoms with Gasteiger partial charge in [0.15, 0.2) is 6.61 Å². The molecule has 0 aliphatic carbocycles. The molecule has 0 spiro atoms. The third-order valence-electron chi connectivity index (χ3n) is 3.13. The van der Waals surface area contributed by atoms with Gasteiger partial charge < -0.3 is 10.1 Å². The number of hydrogen-bond donors (Lipinski definition) is 1. The molecule has 0 bridgehead atoms. The maximum Gasteiger partial charge on any atom is 0.331 e. The highest BCUT2D eigenvalue weighted by Crippen LogP contribution is 2.08. The van der Waals surface area contributed by atoms with Gasteiger partial charge in [0.05, 0.1) is 11.6 Å². The summed E-state index contributed by atoms with van der Waals surface area (Å²) in [5, 5.41) is 11.3. The summed E-state index contributed by atoms with van der Waals surface area (Å²) in [5.74, 6) is -1.02. The summed E-state index contributed by atoms with van der Waals surface area (Å²) in [5.41, 5.74) is 3.04. The number of esters is 1. The van der Waals surface area contributed by atoms with Crippen LogP contribution in [0, 0.1) is 18.3 Å². The van der Waals surface area contributed by atoms with Gasteiger partial charge in [-0.05, 0) is 42.8 Å². The van der Waals surface area contributed by atoms with Gasteiger partial charge in [0.1, 0.15) is 0 Å². The van der Waals surface area contributed by atoms with E-state index in [0.717, 1.165) is 11.1 Å². The molecule has 1 N–H and O–H groups in total. The van der Waals surface area contributed by atoms with Crippen molar-refractivity contribution in [1.82, 2.24) is 0 Å². The van der Waals surface area contributed by atoms with Gasteiger partial charge in [-0.15, -0.1) is 0 Å². The third-order valence-corrected chi connectivity index (χ3v) is 3.13. The van der Waals surface area contributed by atoms with Crippen molar-refractivity contribution in [1.29, 1.82) is 5.26 Å². The van der Waals surface area contributed by atoms with E-state index in [2.05, 4.69) is 5.32 Å². The van der Waals surface area contributed by atoms with Crippen LogP contribution in [-0.2, 0) is 14.3 Å². The van der Waals surface area contributed by atoms with Crippen molar-refractivity contribution in [3.8, 4) is 6.07 Å². The van der Waals surface area contributed by atoms with E-state index in [-0.39, 0.29) is 6.61 Å². The SMILES string of the molecule is Cc1ccc(NC(=O)COC(=O)/C=C/c2ccc(C#N)cc2)cc1. The summed E-state index contributed by atoms with van der Waals surface area (Å²) in [7, 11) is 0. The van der Waals surface area contributed by atoms with Gasteiger partial charge >= 0.3 is 5.97 Å². The molecule has 5 nitrogen and oxygen atoms in total. The van der Waals surface area contributed by atoms with E-state index < -0.39 is 11.9 Å². The Morgan fingerprint density at radius 2 is 1.79 bits per heavy atom. The summed E-state index contributed by atoms with van der Waals surface area (Å²) in [6.45, 7) is 1.60. The fourth-order valence-corrected chi connectivity index (χ4v) is 1.85. The monoisotopic (exact) mass is 320 g/mol. The maximum absolute atomic E-state index is 11.7. The number of nitrogens with zero attached hydrogens (tertiary/aromatic N) is 1. The van der Waals surface area contributed by atoms with E-state index in [0.29, 0.717) is 11.3 Å². The van der Waals surface area contributed by atoms with Gasteiger partial charge in [0.25, 0.3) is 5.91 Å². The largest absolute Gasteiger partial charge is 0.452 e. The molecule has 2 aromatic carbocycles. The highest BCUT2D eigenvalue weighted by Gasteiger charge is 2.05. The van der Waals surface area contributed by atoms with E-state index in [9.17, 15) is 9.59 Å². The lowest BCUT2D eigenvalue weighted by atomic mass is 10.1. The molecule has 1 amide bonds. The number of nitrogens with one attached hydrogen (secondary N) is 1. The Bertz CT molecular complexity index is 785. The number of hydrogen-bond acceptors (Lipinski definition) is 4. The minimum Gasteiger partial charge on any atom is -0.452 e. The molecule has 0 atom stereocenters. The molecule has 0 saturated heterocycles. The number of benzene rings is 2. The minimum atomic E-state index is -0.613. The van der Waals surface area contributed by atoms with Crippen LogP contribution in [0.5, 0.6) is 0 Å². The zero-order valence-electron chi connectivity index (χ0n) is 13.2. The molecule has 0 heterocycles. The second kappa shape index (κ2) is 8.30. The fourth-order valence-electron chi connectivity index (χ4n) is 1.85. The molecule has 0 unspecified atom stereocenters. The van der Waals surface area contributed by atoms with Crippen molar-refractivity contribution in [2.45, 2.75) is 6.92 Å². The van der Waals surface area contributed by atoms with Crippen LogP contribution in [0.1, 0.15) is 16.7 Å². The van der Waals surface area contributed by atoms with E-state index in [1.54, 1.807) is 42.5 Å². The van der Waals surface area contributed by atoms with Crippen molar-refractivity contribution < 1.29 is 14.3 Å². The van der Waals surface area contributed by atoms with Gasteiger partial charge in [-0.2, -0.15) is 5.26 Å². The first kappa shape index (κ1) is 17.0. The Morgan fingerprint density at radius 3 is 2.42 bits per heavy atom. The molecule has 2 rings (SSSR count). The van der Waals surface area contributed by atoms with Crippen LogP contribution in [0.4, 0.5) is 5.69 Å². The van der Waals surface area contributed by atoms with Crippen LogP contribution in [0.3, 0.4) is 0 Å². The van der Waals surface area contributed by atoms with Gasteiger partial charge in [0, 0.05) is 11.8 Å². The highest BCUT2D eigenvalue weighted by molar-refractivity contribution is 5.94. The lowest BCUT2D eigenvalue weighted by molar-refractivity contribution is -0.142. The van der Waals surface area contributed by atoms with Gasteiger partial charge in [-0.1, -0.05) is 29.8 Å². The first-order valence-electron chi connectivity index (χ1n) is 7.28. The van der Waals surface area contributed by atoms with Crippen LogP contribution in [-0.4, -0.2) is 18.5 Å². The quantitative estimate of drug-likeness (QED) is 0.678. The van der Waals surface area contributed by atoms with E-state index in [1.165, 1.54) is 6.08 Å². The lowest BCUT2D eigenvalue weighted by Gasteiger charge is -2.05. The molecule has 2 aromatic rings. The maximum atomic E-state index is 11.7. The van der Waals surface area contributed by atoms with Crippen LogP contribution in [0.2, 0.25) is 0 Å². The predicted molar refractivity (Wildman–Crippen MR) is 91.0 cm³/mol. The molecule has 0 aliphatic heterocycles.